The Morgan fingerprint density at radius 2 is 1.95 bits per heavy atom. The van der Waals surface area contributed by atoms with Gasteiger partial charge in [-0.15, -0.1) is 0 Å². The molecule has 0 aliphatic rings. The zero-order valence-electron chi connectivity index (χ0n) is 10.2. The van der Waals surface area contributed by atoms with Gasteiger partial charge < -0.3 is 5.32 Å². The fraction of sp³-hybridized carbons (Fsp3) is 0.0769. The average Bonchev–Trinajstić information content (AvgIpc) is 2.37. The molecule has 8 heteroatoms. The van der Waals surface area contributed by atoms with Crippen LogP contribution in [0.15, 0.2) is 41.0 Å². The Morgan fingerprint density at radius 1 is 1.24 bits per heavy atom. The van der Waals surface area contributed by atoms with Gasteiger partial charge in [0.05, 0.1) is 0 Å². The number of rotatable bonds is 2. The fourth-order valence-corrected chi connectivity index (χ4v) is 3.14. The summed E-state index contributed by atoms with van der Waals surface area (Å²) in [6, 6.07) is 7.12. The molecule has 2 aromatic rings. The third-order valence-corrected chi connectivity index (χ3v) is 3.51. The first-order valence-electron chi connectivity index (χ1n) is 5.56. The summed E-state index contributed by atoms with van der Waals surface area (Å²) in [5, 5.41) is 2.42. The maximum atomic E-state index is 12.6. The zero-order valence-corrected chi connectivity index (χ0v) is 14.0. The van der Waals surface area contributed by atoms with E-state index < -0.39 is 17.8 Å². The van der Waals surface area contributed by atoms with Gasteiger partial charge in [-0.1, -0.05) is 15.9 Å². The van der Waals surface area contributed by atoms with Crippen LogP contribution in [0.4, 0.5) is 18.9 Å². The Hall–Kier alpha value is -1.16. The molecule has 0 fully saturated rings. The first-order valence-corrected chi connectivity index (χ1v) is 7.43. The molecular weight excluding hydrogens is 464 g/mol. The number of nitrogens with one attached hydrogen (secondary N) is 1. The van der Waals surface area contributed by atoms with Crippen LogP contribution < -0.4 is 5.32 Å². The molecule has 1 heterocycles. The molecule has 1 aromatic heterocycles. The Kier molecular flexibility index (Phi) is 4.87. The number of aromatic nitrogens is 1. The van der Waals surface area contributed by atoms with Crippen molar-refractivity contribution in [2.45, 2.75) is 6.18 Å². The number of carbonyl (C=O) groups excluding carboxylic acids is 1. The van der Waals surface area contributed by atoms with Crippen molar-refractivity contribution in [3.8, 4) is 0 Å². The molecule has 1 N–H and O–H groups in total. The first kappa shape index (κ1) is 16.2. The van der Waals surface area contributed by atoms with E-state index in [1.165, 1.54) is 6.07 Å². The number of alkyl halides is 3. The Balaban J connectivity index is 2.23. The minimum absolute atomic E-state index is 0.0392. The van der Waals surface area contributed by atoms with Crippen LogP contribution in [0.1, 0.15) is 16.1 Å². The van der Waals surface area contributed by atoms with Crippen molar-refractivity contribution >= 4 is 50.1 Å². The molecule has 2 rings (SSSR count). The maximum Gasteiger partial charge on any atom is 0.433 e. The second kappa shape index (κ2) is 6.30. The van der Waals surface area contributed by atoms with Gasteiger partial charge in [0.2, 0.25) is 0 Å². The van der Waals surface area contributed by atoms with E-state index in [2.05, 4.69) is 26.2 Å². The smallest absolute Gasteiger partial charge is 0.322 e. The molecule has 0 aliphatic carbocycles. The highest BCUT2D eigenvalue weighted by Crippen LogP contribution is 2.29. The van der Waals surface area contributed by atoms with E-state index in [1.54, 1.807) is 12.1 Å². The van der Waals surface area contributed by atoms with Gasteiger partial charge in [-0.3, -0.25) is 9.78 Å². The van der Waals surface area contributed by atoms with Crippen molar-refractivity contribution in [2.75, 3.05) is 5.32 Å². The minimum Gasteiger partial charge on any atom is -0.322 e. The van der Waals surface area contributed by atoms with Crippen LogP contribution >= 0.6 is 38.5 Å². The number of nitrogens with zero attached hydrogens (tertiary/aromatic N) is 1. The van der Waals surface area contributed by atoms with Crippen molar-refractivity contribution in [1.29, 1.82) is 0 Å². The number of carbonyl (C=O) groups is 1. The van der Waals surface area contributed by atoms with Gasteiger partial charge in [0, 0.05) is 25.5 Å². The summed E-state index contributed by atoms with van der Waals surface area (Å²) in [6.07, 6.45) is -3.55. The quantitative estimate of drug-likeness (QED) is 0.645. The monoisotopic (exact) mass is 470 g/mol. The lowest BCUT2D eigenvalue weighted by Gasteiger charge is -2.09. The molecule has 3 nitrogen and oxygen atoms in total. The van der Waals surface area contributed by atoms with E-state index in [0.29, 0.717) is 10.0 Å². The number of benzene rings is 1. The maximum absolute atomic E-state index is 12.6. The van der Waals surface area contributed by atoms with Crippen LogP contribution in [0, 0.1) is 3.57 Å². The molecule has 0 bridgehead atoms. The van der Waals surface area contributed by atoms with Crippen LogP contribution in [-0.2, 0) is 6.18 Å². The number of anilines is 1. The summed E-state index contributed by atoms with van der Waals surface area (Å²) in [7, 11) is 0. The van der Waals surface area contributed by atoms with E-state index in [0.717, 1.165) is 15.8 Å². The third-order valence-electron chi connectivity index (χ3n) is 2.43. The minimum atomic E-state index is -4.55. The summed E-state index contributed by atoms with van der Waals surface area (Å²) in [5.74, 6) is -0.492. The molecule has 21 heavy (non-hydrogen) atoms. The molecule has 0 unspecified atom stereocenters. The van der Waals surface area contributed by atoms with Gasteiger partial charge in [-0.2, -0.15) is 13.2 Å². The SMILES string of the molecule is O=C(Nc1ccnc(C(F)(F)F)c1)c1cc(Br)cc(I)c1. The van der Waals surface area contributed by atoms with Gasteiger partial charge in [-0.05, 0) is 52.9 Å². The molecule has 0 spiro atoms. The summed E-state index contributed by atoms with van der Waals surface area (Å²) < 4.78 is 39.2. The number of halogens is 5. The van der Waals surface area contributed by atoms with Crippen LogP contribution in [0.2, 0.25) is 0 Å². The van der Waals surface area contributed by atoms with Crippen LogP contribution in [0.5, 0.6) is 0 Å². The molecule has 1 aromatic carbocycles. The molecular formula is C13H7BrF3IN2O. The van der Waals surface area contributed by atoms with E-state index in [4.69, 9.17) is 0 Å². The van der Waals surface area contributed by atoms with Gasteiger partial charge >= 0.3 is 6.18 Å². The fourth-order valence-electron chi connectivity index (χ4n) is 1.55. The largest absolute Gasteiger partial charge is 0.433 e. The summed E-state index contributed by atoms with van der Waals surface area (Å²) in [4.78, 5) is 15.3. The molecule has 0 atom stereocenters. The highest BCUT2D eigenvalue weighted by atomic mass is 127. The van der Waals surface area contributed by atoms with E-state index in [1.807, 2.05) is 28.7 Å². The molecule has 110 valence electrons. The van der Waals surface area contributed by atoms with Crippen molar-refractivity contribution < 1.29 is 18.0 Å². The van der Waals surface area contributed by atoms with E-state index in [9.17, 15) is 18.0 Å². The predicted molar refractivity (Wildman–Crippen MR) is 84.1 cm³/mol. The standard InChI is InChI=1S/C13H7BrF3IN2O/c14-8-3-7(4-9(18)5-8)12(21)20-10-1-2-19-11(6-10)13(15,16)17/h1-6H,(H,19,20,21). The van der Waals surface area contributed by atoms with Gasteiger partial charge in [-0.25, -0.2) is 0 Å². The topological polar surface area (TPSA) is 42.0 Å². The summed E-state index contributed by atoms with van der Waals surface area (Å²) >= 11 is 5.30. The second-order valence-electron chi connectivity index (χ2n) is 4.04. The molecule has 0 radical (unpaired) electrons. The lowest BCUT2D eigenvalue weighted by Crippen LogP contribution is -2.14. The Bertz CT molecular complexity index is 671. The highest BCUT2D eigenvalue weighted by molar-refractivity contribution is 14.1. The molecule has 0 saturated carbocycles. The normalized spacial score (nSPS) is 11.3. The molecule has 0 aliphatic heterocycles. The summed E-state index contributed by atoms with van der Waals surface area (Å²) in [5.41, 5.74) is -0.666. The van der Waals surface area contributed by atoms with Crippen LogP contribution in [0.25, 0.3) is 0 Å². The first-order chi connectivity index (χ1) is 9.75. The lowest BCUT2D eigenvalue weighted by molar-refractivity contribution is -0.141. The Morgan fingerprint density at radius 3 is 2.57 bits per heavy atom. The predicted octanol–water partition coefficient (Wildman–Crippen LogP) is 4.72. The van der Waals surface area contributed by atoms with E-state index in [-0.39, 0.29) is 5.69 Å². The van der Waals surface area contributed by atoms with Crippen LogP contribution in [0.3, 0.4) is 0 Å². The average molecular weight is 471 g/mol. The highest BCUT2D eigenvalue weighted by Gasteiger charge is 2.32. The van der Waals surface area contributed by atoms with Crippen molar-refractivity contribution in [2.24, 2.45) is 0 Å². The second-order valence-corrected chi connectivity index (χ2v) is 6.20. The van der Waals surface area contributed by atoms with Gasteiger partial charge in [0.15, 0.2) is 0 Å². The number of hydrogen-bond donors (Lipinski definition) is 1. The molecule has 1 amide bonds. The Labute approximate surface area is 140 Å². The summed E-state index contributed by atoms with van der Waals surface area (Å²) in [6.45, 7) is 0. The lowest BCUT2D eigenvalue weighted by atomic mass is 10.2. The zero-order chi connectivity index (χ0) is 15.6. The van der Waals surface area contributed by atoms with E-state index >= 15 is 0 Å². The van der Waals surface area contributed by atoms with Crippen molar-refractivity contribution in [1.82, 2.24) is 4.98 Å². The van der Waals surface area contributed by atoms with Gasteiger partial charge in [0.1, 0.15) is 5.69 Å². The number of hydrogen-bond acceptors (Lipinski definition) is 2. The number of amides is 1. The van der Waals surface area contributed by atoms with Crippen molar-refractivity contribution in [3.63, 3.8) is 0 Å². The van der Waals surface area contributed by atoms with Crippen molar-refractivity contribution in [3.05, 3.63) is 55.8 Å². The number of pyridine rings is 1. The van der Waals surface area contributed by atoms with Gasteiger partial charge in [0.25, 0.3) is 5.91 Å². The van der Waals surface area contributed by atoms with Crippen LogP contribution in [-0.4, -0.2) is 10.9 Å². The third kappa shape index (κ3) is 4.40. The molecule has 0 saturated heterocycles.